The molecule has 27 heavy (non-hydrogen) atoms. The monoisotopic (exact) mass is 367 g/mol. The van der Waals surface area contributed by atoms with Crippen molar-refractivity contribution in [2.75, 3.05) is 0 Å². The van der Waals surface area contributed by atoms with Gasteiger partial charge in [-0.05, 0) is 17.5 Å². The van der Waals surface area contributed by atoms with E-state index in [9.17, 15) is 4.79 Å². The fraction of sp³-hybridized carbons (Fsp3) is 0.400. The van der Waals surface area contributed by atoms with Crippen molar-refractivity contribution in [3.8, 4) is 0 Å². The van der Waals surface area contributed by atoms with E-state index >= 15 is 0 Å². The first-order valence-corrected chi connectivity index (χ1v) is 9.23. The van der Waals surface area contributed by atoms with Crippen LogP contribution in [0.3, 0.4) is 0 Å². The number of aromatic nitrogens is 4. The first-order valence-electron chi connectivity index (χ1n) is 9.23. The predicted molar refractivity (Wildman–Crippen MR) is 101 cm³/mol. The highest BCUT2D eigenvalue weighted by Crippen LogP contribution is 2.11. The molecule has 142 valence electrons. The zero-order valence-corrected chi connectivity index (χ0v) is 15.8. The highest BCUT2D eigenvalue weighted by Gasteiger charge is 2.10. The van der Waals surface area contributed by atoms with Gasteiger partial charge in [0.2, 0.25) is 11.8 Å². The number of hydrogen-bond donors (Lipinski definition) is 1. The van der Waals surface area contributed by atoms with Crippen LogP contribution >= 0.6 is 0 Å². The lowest BCUT2D eigenvalue weighted by Crippen LogP contribution is -2.22. The van der Waals surface area contributed by atoms with Crippen LogP contribution in [0.15, 0.2) is 47.5 Å². The average molecular weight is 367 g/mol. The third kappa shape index (κ3) is 5.77. The number of benzene rings is 1. The van der Waals surface area contributed by atoms with Crippen molar-refractivity contribution in [3.05, 3.63) is 65.8 Å². The molecule has 2 aromatic heterocycles. The Labute approximate surface area is 158 Å². The van der Waals surface area contributed by atoms with Gasteiger partial charge in [0.05, 0.1) is 6.33 Å². The molecule has 1 N–H and O–H groups in total. The van der Waals surface area contributed by atoms with Crippen LogP contribution < -0.4 is 5.32 Å². The molecule has 0 aliphatic heterocycles. The highest BCUT2D eigenvalue weighted by molar-refractivity contribution is 5.75. The van der Waals surface area contributed by atoms with E-state index in [4.69, 9.17) is 4.52 Å². The Bertz CT molecular complexity index is 855. The maximum atomic E-state index is 12.1. The summed E-state index contributed by atoms with van der Waals surface area (Å²) in [5.74, 6) is 1.58. The fourth-order valence-electron chi connectivity index (χ4n) is 2.72. The number of carbonyl (C=O) groups is 1. The number of nitrogens with zero attached hydrogens (tertiary/aromatic N) is 4. The molecule has 0 bridgehead atoms. The Morgan fingerprint density at radius 1 is 1.30 bits per heavy atom. The molecule has 0 saturated carbocycles. The lowest BCUT2D eigenvalue weighted by atomic mass is 10.1. The van der Waals surface area contributed by atoms with E-state index in [1.807, 2.05) is 36.7 Å². The van der Waals surface area contributed by atoms with Gasteiger partial charge in [0.25, 0.3) is 0 Å². The van der Waals surface area contributed by atoms with Gasteiger partial charge in [-0.15, -0.1) is 0 Å². The Morgan fingerprint density at radius 2 is 2.15 bits per heavy atom. The van der Waals surface area contributed by atoms with Crippen LogP contribution in [-0.4, -0.2) is 25.6 Å². The van der Waals surface area contributed by atoms with Gasteiger partial charge in [0.15, 0.2) is 5.82 Å². The number of imidazole rings is 1. The molecule has 7 heteroatoms. The molecule has 7 nitrogen and oxygen atoms in total. The lowest BCUT2D eigenvalue weighted by Gasteiger charge is -2.08. The molecule has 0 atom stereocenters. The molecule has 0 saturated heterocycles. The number of nitrogens with one attached hydrogen (secondary N) is 1. The van der Waals surface area contributed by atoms with Crippen LogP contribution in [0.1, 0.15) is 55.4 Å². The van der Waals surface area contributed by atoms with Gasteiger partial charge >= 0.3 is 0 Å². The maximum absolute atomic E-state index is 12.1. The Kier molecular flexibility index (Phi) is 6.35. The summed E-state index contributed by atoms with van der Waals surface area (Å²) < 4.78 is 7.21. The quantitative estimate of drug-likeness (QED) is 0.628. The van der Waals surface area contributed by atoms with Crippen molar-refractivity contribution in [3.63, 3.8) is 0 Å². The van der Waals surface area contributed by atoms with Crippen molar-refractivity contribution in [2.24, 2.45) is 0 Å². The molecule has 1 aromatic carbocycles. The van der Waals surface area contributed by atoms with E-state index in [1.54, 1.807) is 12.5 Å². The molecule has 0 aliphatic carbocycles. The topological polar surface area (TPSA) is 85.8 Å². The van der Waals surface area contributed by atoms with Crippen molar-refractivity contribution in [1.29, 1.82) is 0 Å². The molecule has 1 amide bonds. The van der Waals surface area contributed by atoms with Crippen LogP contribution in [0, 0.1) is 0 Å². The summed E-state index contributed by atoms with van der Waals surface area (Å²) in [4.78, 5) is 20.4. The molecule has 3 aromatic rings. The van der Waals surface area contributed by atoms with Gasteiger partial charge in [-0.2, -0.15) is 4.98 Å². The zero-order valence-electron chi connectivity index (χ0n) is 15.8. The van der Waals surface area contributed by atoms with E-state index in [0.29, 0.717) is 37.5 Å². The van der Waals surface area contributed by atoms with Crippen molar-refractivity contribution < 1.29 is 9.32 Å². The molecule has 0 aliphatic rings. The molecule has 0 radical (unpaired) electrons. The molecular formula is C20H25N5O2. The molecule has 0 unspecified atom stereocenters. The standard InChI is InChI=1S/C20H25N5O2/c1-15(2)20-23-19(27-24-20)8-4-7-18(26)22-12-16-5-3-6-17(11-16)13-25-10-9-21-14-25/h3,5-6,9-11,14-15H,4,7-8,12-13H2,1-2H3,(H,22,26). The fourth-order valence-corrected chi connectivity index (χ4v) is 2.72. The lowest BCUT2D eigenvalue weighted by molar-refractivity contribution is -0.121. The molecule has 0 fully saturated rings. The van der Waals surface area contributed by atoms with Gasteiger partial charge < -0.3 is 14.4 Å². The SMILES string of the molecule is CC(C)c1noc(CCCC(=O)NCc2cccc(Cn3ccnc3)c2)n1. The third-order valence-corrected chi connectivity index (χ3v) is 4.20. The Hall–Kier alpha value is -2.96. The molecule has 3 rings (SSSR count). The number of rotatable bonds is 9. The summed E-state index contributed by atoms with van der Waals surface area (Å²) in [5.41, 5.74) is 2.26. The number of carbonyl (C=O) groups excluding carboxylic acids is 1. The summed E-state index contributed by atoms with van der Waals surface area (Å²) in [6, 6.07) is 8.20. The normalized spacial score (nSPS) is 11.1. The number of amides is 1. The smallest absolute Gasteiger partial charge is 0.226 e. The van der Waals surface area contributed by atoms with Crippen LogP contribution in [0.2, 0.25) is 0 Å². The van der Waals surface area contributed by atoms with Gasteiger partial charge in [-0.3, -0.25) is 4.79 Å². The Morgan fingerprint density at radius 3 is 2.89 bits per heavy atom. The third-order valence-electron chi connectivity index (χ3n) is 4.20. The summed E-state index contributed by atoms with van der Waals surface area (Å²) in [7, 11) is 0. The summed E-state index contributed by atoms with van der Waals surface area (Å²) >= 11 is 0. The van der Waals surface area contributed by atoms with Gasteiger partial charge in [0, 0.05) is 44.2 Å². The van der Waals surface area contributed by atoms with Crippen LogP contribution in [0.4, 0.5) is 0 Å². The zero-order chi connectivity index (χ0) is 19.1. The Balaban J connectivity index is 1.41. The van der Waals surface area contributed by atoms with Gasteiger partial charge in [-0.25, -0.2) is 4.98 Å². The predicted octanol–water partition coefficient (Wildman–Crippen LogP) is 3.08. The van der Waals surface area contributed by atoms with Crippen molar-refractivity contribution in [2.45, 2.75) is 52.1 Å². The second-order valence-electron chi connectivity index (χ2n) is 6.89. The van der Waals surface area contributed by atoms with Gasteiger partial charge in [-0.1, -0.05) is 43.3 Å². The molecule has 0 spiro atoms. The van der Waals surface area contributed by atoms with Crippen molar-refractivity contribution >= 4 is 5.91 Å². The second-order valence-corrected chi connectivity index (χ2v) is 6.89. The minimum atomic E-state index is 0.0265. The van der Waals surface area contributed by atoms with E-state index in [2.05, 4.69) is 32.6 Å². The minimum Gasteiger partial charge on any atom is -0.352 e. The summed E-state index contributed by atoms with van der Waals surface area (Å²) in [6.45, 7) is 5.33. The summed E-state index contributed by atoms with van der Waals surface area (Å²) in [6.07, 6.45) is 7.24. The number of hydrogen-bond acceptors (Lipinski definition) is 5. The van der Waals surface area contributed by atoms with Crippen LogP contribution in [-0.2, 0) is 24.3 Å². The first kappa shape index (κ1) is 18.8. The molecule has 2 heterocycles. The van der Waals surface area contributed by atoms with E-state index in [0.717, 1.165) is 12.1 Å². The first-order chi connectivity index (χ1) is 13.1. The summed E-state index contributed by atoms with van der Waals surface area (Å²) in [5, 5.41) is 6.90. The second kappa shape index (κ2) is 9.12. The average Bonchev–Trinajstić information content (AvgIpc) is 3.32. The minimum absolute atomic E-state index is 0.0265. The largest absolute Gasteiger partial charge is 0.352 e. The van der Waals surface area contributed by atoms with Crippen molar-refractivity contribution in [1.82, 2.24) is 25.0 Å². The highest BCUT2D eigenvalue weighted by atomic mass is 16.5. The van der Waals surface area contributed by atoms with E-state index in [1.165, 1.54) is 5.56 Å². The van der Waals surface area contributed by atoms with E-state index in [-0.39, 0.29) is 11.8 Å². The van der Waals surface area contributed by atoms with Crippen LogP contribution in [0.5, 0.6) is 0 Å². The van der Waals surface area contributed by atoms with Crippen LogP contribution in [0.25, 0.3) is 0 Å². The van der Waals surface area contributed by atoms with Gasteiger partial charge in [0.1, 0.15) is 0 Å². The van der Waals surface area contributed by atoms with E-state index < -0.39 is 0 Å². The number of aryl methyl sites for hydroxylation is 1. The maximum Gasteiger partial charge on any atom is 0.226 e. The molecular weight excluding hydrogens is 342 g/mol.